The van der Waals surface area contributed by atoms with E-state index in [0.29, 0.717) is 0 Å². The van der Waals surface area contributed by atoms with Gasteiger partial charge in [0.2, 0.25) is 0 Å². The van der Waals surface area contributed by atoms with Gasteiger partial charge in [0, 0.05) is 0 Å². The van der Waals surface area contributed by atoms with Crippen LogP contribution in [-0.2, 0) is 0 Å². The van der Waals surface area contributed by atoms with Gasteiger partial charge in [-0.05, 0) is 61.5 Å². The minimum atomic E-state index is 1.07. The number of nitrogens with zero attached hydrogens (tertiary/aromatic N) is 2. The number of rotatable bonds is 0. The van der Waals surface area contributed by atoms with Crippen LogP contribution in [0.4, 0.5) is 0 Å². The van der Waals surface area contributed by atoms with E-state index >= 15 is 0 Å². The van der Waals surface area contributed by atoms with Gasteiger partial charge in [-0.25, -0.2) is 0 Å². The van der Waals surface area contributed by atoms with Crippen LogP contribution >= 0.6 is 11.5 Å². The molecule has 0 N–H and O–H groups in total. The number of fused-ring (bicyclic) bond motifs is 1. The van der Waals surface area contributed by atoms with Crippen molar-refractivity contribution in [2.75, 3.05) is 0 Å². The van der Waals surface area contributed by atoms with Gasteiger partial charge in [-0.1, -0.05) is 4.49 Å². The van der Waals surface area contributed by atoms with Crippen LogP contribution in [0.3, 0.4) is 0 Å². The molecule has 0 aliphatic rings. The largest absolute Gasteiger partial charge is 0.138 e. The van der Waals surface area contributed by atoms with Crippen molar-refractivity contribution in [3.8, 4) is 0 Å². The van der Waals surface area contributed by atoms with Crippen molar-refractivity contribution >= 4 is 21.7 Å². The van der Waals surface area contributed by atoms with E-state index in [2.05, 4.69) is 37.3 Å². The lowest BCUT2D eigenvalue weighted by molar-refractivity contribution is 1.17. The molecule has 0 aliphatic heterocycles. The van der Waals surface area contributed by atoms with Crippen LogP contribution in [0.1, 0.15) is 22.3 Å². The quantitative estimate of drug-likeness (QED) is 0.641. The van der Waals surface area contributed by atoms with E-state index in [0.717, 1.165) is 5.52 Å². The highest BCUT2D eigenvalue weighted by molar-refractivity contribution is 7.13. The Bertz CT molecular complexity index is 429. The highest BCUT2D eigenvalue weighted by atomic mass is 32.1. The number of benzene rings is 1. The molecule has 0 radical (unpaired) electrons. The zero-order chi connectivity index (χ0) is 9.59. The van der Waals surface area contributed by atoms with E-state index in [9.17, 15) is 0 Å². The summed E-state index contributed by atoms with van der Waals surface area (Å²) in [7, 11) is 0. The van der Waals surface area contributed by atoms with Crippen LogP contribution in [0.25, 0.3) is 10.2 Å². The maximum Gasteiger partial charge on any atom is 0.109 e. The van der Waals surface area contributed by atoms with Gasteiger partial charge in [0.15, 0.2) is 0 Å². The Hall–Kier alpha value is -0.960. The van der Waals surface area contributed by atoms with E-state index in [1.54, 1.807) is 0 Å². The van der Waals surface area contributed by atoms with Gasteiger partial charge in [0.1, 0.15) is 5.52 Å². The second-order valence-corrected chi connectivity index (χ2v) is 4.20. The molecule has 1 aromatic heterocycles. The number of hydrogen-bond acceptors (Lipinski definition) is 3. The molecular weight excluding hydrogens is 180 g/mol. The van der Waals surface area contributed by atoms with Crippen molar-refractivity contribution in [3.63, 3.8) is 0 Å². The third kappa shape index (κ3) is 1.07. The molecule has 0 fully saturated rings. The first-order valence-corrected chi connectivity index (χ1v) is 5.08. The van der Waals surface area contributed by atoms with Gasteiger partial charge in [-0.3, -0.25) is 0 Å². The Kier molecular flexibility index (Phi) is 1.84. The summed E-state index contributed by atoms with van der Waals surface area (Å²) < 4.78 is 5.23. The van der Waals surface area contributed by atoms with Crippen LogP contribution < -0.4 is 0 Å². The number of aryl methyl sites for hydroxylation is 2. The van der Waals surface area contributed by atoms with Crippen molar-refractivity contribution in [3.05, 3.63) is 22.3 Å². The minimum Gasteiger partial charge on any atom is -0.138 e. The zero-order valence-corrected chi connectivity index (χ0v) is 9.12. The van der Waals surface area contributed by atoms with E-state index in [4.69, 9.17) is 0 Å². The van der Waals surface area contributed by atoms with Crippen LogP contribution in [0.2, 0.25) is 0 Å². The predicted octanol–water partition coefficient (Wildman–Crippen LogP) is 2.92. The van der Waals surface area contributed by atoms with Crippen LogP contribution in [0, 0.1) is 27.7 Å². The Morgan fingerprint density at radius 2 is 1.46 bits per heavy atom. The second-order valence-electron chi connectivity index (χ2n) is 3.45. The lowest BCUT2D eigenvalue weighted by Gasteiger charge is -2.08. The maximum atomic E-state index is 4.15. The highest BCUT2D eigenvalue weighted by Crippen LogP contribution is 2.29. The smallest absolute Gasteiger partial charge is 0.109 e. The summed E-state index contributed by atoms with van der Waals surface area (Å²) in [5.74, 6) is 0. The molecule has 3 heteroatoms. The predicted molar refractivity (Wildman–Crippen MR) is 56.4 cm³/mol. The summed E-state index contributed by atoms with van der Waals surface area (Å²) in [6.07, 6.45) is 0. The zero-order valence-electron chi connectivity index (χ0n) is 8.30. The Morgan fingerprint density at radius 3 is 2.15 bits per heavy atom. The van der Waals surface area contributed by atoms with Crippen LogP contribution in [-0.4, -0.2) is 9.59 Å². The van der Waals surface area contributed by atoms with Crippen LogP contribution in [0.15, 0.2) is 0 Å². The Balaban J connectivity index is 3.02. The standard InChI is InChI=1S/C10H12N2S/c1-5-6(2)8(4)10-9(7(5)3)11-12-13-10/h1-4H3. The summed E-state index contributed by atoms with van der Waals surface area (Å²) in [5.41, 5.74) is 6.39. The number of aromatic nitrogens is 2. The Labute approximate surface area is 81.8 Å². The monoisotopic (exact) mass is 192 g/mol. The third-order valence-corrected chi connectivity index (χ3v) is 3.72. The molecule has 2 rings (SSSR count). The second kappa shape index (κ2) is 2.77. The van der Waals surface area contributed by atoms with Crippen molar-refractivity contribution in [1.82, 2.24) is 9.59 Å². The molecule has 0 unspecified atom stereocenters. The molecule has 1 aromatic carbocycles. The fourth-order valence-electron chi connectivity index (χ4n) is 1.59. The highest BCUT2D eigenvalue weighted by Gasteiger charge is 2.11. The summed E-state index contributed by atoms with van der Waals surface area (Å²) >= 11 is 1.49. The fraction of sp³-hybridized carbons (Fsp3) is 0.400. The first-order chi connectivity index (χ1) is 6.13. The molecule has 0 bridgehead atoms. The molecule has 2 aromatic rings. The first-order valence-electron chi connectivity index (χ1n) is 4.31. The molecule has 2 nitrogen and oxygen atoms in total. The van der Waals surface area contributed by atoms with Gasteiger partial charge in [-0.2, -0.15) is 0 Å². The average molecular weight is 192 g/mol. The van der Waals surface area contributed by atoms with E-state index < -0.39 is 0 Å². The molecular formula is C10H12N2S. The lowest BCUT2D eigenvalue weighted by atomic mass is 9.99. The molecule has 68 valence electrons. The van der Waals surface area contributed by atoms with E-state index in [1.165, 1.54) is 38.5 Å². The fourth-order valence-corrected chi connectivity index (χ4v) is 2.37. The number of hydrogen-bond donors (Lipinski definition) is 0. The average Bonchev–Trinajstić information content (AvgIpc) is 2.59. The van der Waals surface area contributed by atoms with Gasteiger partial charge in [0.05, 0.1) is 4.70 Å². The molecule has 0 amide bonds. The molecule has 1 heterocycles. The molecule has 0 saturated heterocycles. The van der Waals surface area contributed by atoms with Crippen molar-refractivity contribution in [2.24, 2.45) is 0 Å². The van der Waals surface area contributed by atoms with Crippen molar-refractivity contribution < 1.29 is 0 Å². The van der Waals surface area contributed by atoms with Crippen LogP contribution in [0.5, 0.6) is 0 Å². The van der Waals surface area contributed by atoms with Gasteiger partial charge < -0.3 is 0 Å². The van der Waals surface area contributed by atoms with Crippen molar-refractivity contribution in [2.45, 2.75) is 27.7 Å². The van der Waals surface area contributed by atoms with E-state index in [-0.39, 0.29) is 0 Å². The topological polar surface area (TPSA) is 25.8 Å². The SMILES string of the molecule is Cc1c(C)c(C)c2snnc2c1C. The molecule has 0 spiro atoms. The van der Waals surface area contributed by atoms with E-state index in [1.807, 2.05) is 0 Å². The third-order valence-electron chi connectivity index (χ3n) is 2.87. The van der Waals surface area contributed by atoms with Gasteiger partial charge in [-0.15, -0.1) is 5.10 Å². The molecule has 13 heavy (non-hydrogen) atoms. The normalized spacial score (nSPS) is 11.1. The lowest BCUT2D eigenvalue weighted by Crippen LogP contribution is -1.91. The first kappa shape index (κ1) is 8.63. The van der Waals surface area contributed by atoms with Crippen molar-refractivity contribution in [1.29, 1.82) is 0 Å². The molecule has 0 atom stereocenters. The summed E-state index contributed by atoms with van der Waals surface area (Å²) in [6.45, 7) is 8.57. The summed E-state index contributed by atoms with van der Waals surface area (Å²) in [5, 5.41) is 4.15. The van der Waals surface area contributed by atoms with Gasteiger partial charge >= 0.3 is 0 Å². The maximum absolute atomic E-state index is 4.15. The Morgan fingerprint density at radius 1 is 0.846 bits per heavy atom. The minimum absolute atomic E-state index is 1.07. The summed E-state index contributed by atoms with van der Waals surface area (Å²) in [4.78, 5) is 0. The molecule has 0 saturated carbocycles. The summed E-state index contributed by atoms with van der Waals surface area (Å²) in [6, 6.07) is 0. The van der Waals surface area contributed by atoms with Gasteiger partial charge in [0.25, 0.3) is 0 Å². The molecule has 0 aliphatic carbocycles.